The zero-order valence-electron chi connectivity index (χ0n) is 7.87. The first kappa shape index (κ1) is 11.8. The average Bonchev–Trinajstić information content (AvgIpc) is 2.15. The molecule has 7 heteroatoms. The lowest BCUT2D eigenvalue weighted by atomic mass is 10.2. The second-order valence-electron chi connectivity index (χ2n) is 2.70. The van der Waals surface area contributed by atoms with Gasteiger partial charge in [-0.3, -0.25) is 4.55 Å². The van der Waals surface area contributed by atoms with Gasteiger partial charge in [-0.1, -0.05) is 6.07 Å². The van der Waals surface area contributed by atoms with Gasteiger partial charge in [-0.15, -0.1) is 0 Å². The van der Waals surface area contributed by atoms with Crippen molar-refractivity contribution in [1.29, 1.82) is 0 Å². The maximum absolute atomic E-state index is 10.3. The Hall–Kier alpha value is -1.31. The monoisotopic (exact) mass is 234 g/mol. The summed E-state index contributed by atoms with van der Waals surface area (Å²) in [6, 6.07) is 4.19. The molecule has 0 fully saturated rings. The fourth-order valence-electron chi connectivity index (χ4n) is 0.954. The van der Waals surface area contributed by atoms with E-state index in [-0.39, 0.29) is 18.1 Å². The van der Waals surface area contributed by atoms with E-state index < -0.39 is 10.4 Å². The quantitative estimate of drug-likeness (QED) is 0.745. The van der Waals surface area contributed by atoms with E-state index in [2.05, 4.69) is 4.18 Å². The molecule has 0 aliphatic carbocycles. The first-order chi connectivity index (χ1) is 6.92. The van der Waals surface area contributed by atoms with Crippen molar-refractivity contribution in [3.63, 3.8) is 0 Å². The van der Waals surface area contributed by atoms with Gasteiger partial charge in [0, 0.05) is 0 Å². The van der Waals surface area contributed by atoms with E-state index in [0.29, 0.717) is 5.56 Å². The molecule has 0 saturated heterocycles. The smallest absolute Gasteiger partial charge is 0.397 e. The number of phenolic OH excluding ortho intramolecular Hbond substituents is 1. The van der Waals surface area contributed by atoms with Gasteiger partial charge in [0.2, 0.25) is 0 Å². The molecule has 84 valence electrons. The van der Waals surface area contributed by atoms with Gasteiger partial charge in [-0.2, -0.15) is 8.42 Å². The lowest BCUT2D eigenvalue weighted by molar-refractivity contribution is 0.259. The van der Waals surface area contributed by atoms with Crippen LogP contribution in [0.3, 0.4) is 0 Å². The molecule has 0 bridgehead atoms. The van der Waals surface area contributed by atoms with Crippen molar-refractivity contribution in [2.45, 2.75) is 6.61 Å². The Labute approximate surface area is 87.0 Å². The topological polar surface area (TPSA) is 93.1 Å². The third-order valence-electron chi connectivity index (χ3n) is 1.62. The van der Waals surface area contributed by atoms with Gasteiger partial charge in [0.05, 0.1) is 13.7 Å². The SMILES string of the molecule is COc1cc(COS(=O)(=O)O)ccc1O. The molecular weight excluding hydrogens is 224 g/mol. The molecular formula is C8H10O6S. The zero-order chi connectivity index (χ0) is 11.5. The maximum Gasteiger partial charge on any atom is 0.397 e. The third-order valence-corrected chi connectivity index (χ3v) is 2.03. The highest BCUT2D eigenvalue weighted by molar-refractivity contribution is 7.80. The summed E-state index contributed by atoms with van der Waals surface area (Å²) in [5.74, 6) is 0.138. The van der Waals surface area contributed by atoms with Crippen LogP contribution in [0.25, 0.3) is 0 Å². The molecule has 0 aliphatic heterocycles. The molecule has 6 nitrogen and oxygen atoms in total. The van der Waals surface area contributed by atoms with Crippen LogP contribution in [0, 0.1) is 0 Å². The minimum Gasteiger partial charge on any atom is -0.504 e. The molecule has 0 saturated carbocycles. The number of aromatic hydroxyl groups is 1. The molecule has 0 radical (unpaired) electrons. The molecule has 1 rings (SSSR count). The molecule has 15 heavy (non-hydrogen) atoms. The van der Waals surface area contributed by atoms with Gasteiger partial charge in [0.25, 0.3) is 0 Å². The van der Waals surface area contributed by atoms with E-state index in [1.54, 1.807) is 0 Å². The molecule has 0 heterocycles. The van der Waals surface area contributed by atoms with Crippen LogP contribution in [0.5, 0.6) is 11.5 Å². The van der Waals surface area contributed by atoms with Crippen LogP contribution >= 0.6 is 0 Å². The third kappa shape index (κ3) is 3.74. The van der Waals surface area contributed by atoms with E-state index in [1.807, 2.05) is 0 Å². The number of rotatable bonds is 4. The van der Waals surface area contributed by atoms with E-state index >= 15 is 0 Å². The van der Waals surface area contributed by atoms with E-state index in [9.17, 15) is 13.5 Å². The largest absolute Gasteiger partial charge is 0.504 e. The van der Waals surface area contributed by atoms with Crippen LogP contribution in [0.4, 0.5) is 0 Å². The Morgan fingerprint density at radius 3 is 2.60 bits per heavy atom. The number of methoxy groups -OCH3 is 1. The summed E-state index contributed by atoms with van der Waals surface area (Å²) in [4.78, 5) is 0. The molecule has 0 atom stereocenters. The first-order valence-electron chi connectivity index (χ1n) is 3.90. The summed E-state index contributed by atoms with van der Waals surface area (Å²) < 4.78 is 37.8. The van der Waals surface area contributed by atoms with Crippen LogP contribution in [0.2, 0.25) is 0 Å². The van der Waals surface area contributed by atoms with Crippen LogP contribution in [-0.2, 0) is 21.2 Å². The van der Waals surface area contributed by atoms with Crippen LogP contribution in [0.1, 0.15) is 5.56 Å². The van der Waals surface area contributed by atoms with Crippen molar-refractivity contribution >= 4 is 10.4 Å². The van der Waals surface area contributed by atoms with E-state index in [1.165, 1.54) is 25.3 Å². The van der Waals surface area contributed by atoms with Crippen molar-refractivity contribution in [1.82, 2.24) is 0 Å². The Morgan fingerprint density at radius 2 is 2.07 bits per heavy atom. The van der Waals surface area contributed by atoms with Gasteiger partial charge >= 0.3 is 10.4 Å². The summed E-state index contributed by atoms with van der Waals surface area (Å²) in [7, 11) is -3.09. The lowest BCUT2D eigenvalue weighted by Crippen LogP contribution is -2.03. The van der Waals surface area contributed by atoms with Gasteiger partial charge in [0.1, 0.15) is 0 Å². The second-order valence-corrected chi connectivity index (χ2v) is 3.79. The number of benzene rings is 1. The van der Waals surface area contributed by atoms with Gasteiger partial charge < -0.3 is 9.84 Å². The highest BCUT2D eigenvalue weighted by Gasteiger charge is 2.07. The molecule has 1 aromatic rings. The van der Waals surface area contributed by atoms with Crippen molar-refractivity contribution < 1.29 is 27.0 Å². The molecule has 0 aromatic heterocycles. The Morgan fingerprint density at radius 1 is 1.40 bits per heavy atom. The molecule has 0 aliphatic rings. The fourth-order valence-corrected chi connectivity index (χ4v) is 1.24. The van der Waals surface area contributed by atoms with Crippen LogP contribution in [-0.4, -0.2) is 25.2 Å². The molecule has 0 spiro atoms. The van der Waals surface area contributed by atoms with E-state index in [0.717, 1.165) is 0 Å². The first-order valence-corrected chi connectivity index (χ1v) is 5.26. The van der Waals surface area contributed by atoms with Gasteiger partial charge in [0.15, 0.2) is 11.5 Å². The van der Waals surface area contributed by atoms with Crippen molar-refractivity contribution in [3.8, 4) is 11.5 Å². The lowest BCUT2D eigenvalue weighted by Gasteiger charge is -2.05. The Balaban J connectivity index is 2.79. The highest BCUT2D eigenvalue weighted by Crippen LogP contribution is 2.26. The van der Waals surface area contributed by atoms with E-state index in [4.69, 9.17) is 9.29 Å². The number of ether oxygens (including phenoxy) is 1. The predicted molar refractivity (Wildman–Crippen MR) is 51.0 cm³/mol. The minimum absolute atomic E-state index is 0.0619. The normalized spacial score (nSPS) is 11.3. The minimum atomic E-state index is -4.46. The molecule has 2 N–H and O–H groups in total. The number of hydrogen-bond acceptors (Lipinski definition) is 5. The summed E-state index contributed by atoms with van der Waals surface area (Å²) in [5.41, 5.74) is 0.447. The second kappa shape index (κ2) is 4.47. The van der Waals surface area contributed by atoms with Crippen molar-refractivity contribution in [3.05, 3.63) is 23.8 Å². The maximum atomic E-state index is 10.3. The van der Waals surface area contributed by atoms with Gasteiger partial charge in [-0.25, -0.2) is 4.18 Å². The average molecular weight is 234 g/mol. The number of hydrogen-bond donors (Lipinski definition) is 2. The summed E-state index contributed by atoms with van der Waals surface area (Å²) >= 11 is 0. The summed E-state index contributed by atoms with van der Waals surface area (Å²) in [6.07, 6.45) is 0. The summed E-state index contributed by atoms with van der Waals surface area (Å²) in [6.45, 7) is -0.324. The predicted octanol–water partition coefficient (Wildman–Crippen LogP) is 0.720. The highest BCUT2D eigenvalue weighted by atomic mass is 32.3. The Kier molecular flexibility index (Phi) is 3.51. The summed E-state index contributed by atoms with van der Waals surface area (Å²) in [5, 5.41) is 9.23. The Bertz CT molecular complexity index is 438. The van der Waals surface area contributed by atoms with Crippen molar-refractivity contribution in [2.24, 2.45) is 0 Å². The molecule has 0 amide bonds. The molecule has 1 aromatic carbocycles. The molecule has 0 unspecified atom stereocenters. The van der Waals surface area contributed by atoms with Crippen molar-refractivity contribution in [2.75, 3.05) is 7.11 Å². The van der Waals surface area contributed by atoms with Crippen LogP contribution in [0.15, 0.2) is 18.2 Å². The standard InChI is InChI=1S/C8H10O6S/c1-13-8-4-6(2-3-7(8)9)5-14-15(10,11)12/h2-4,9H,5H2,1H3,(H,10,11,12). The zero-order valence-corrected chi connectivity index (χ0v) is 8.69. The van der Waals surface area contributed by atoms with Crippen LogP contribution < -0.4 is 4.74 Å². The number of phenols is 1. The van der Waals surface area contributed by atoms with Gasteiger partial charge in [-0.05, 0) is 17.7 Å². The fraction of sp³-hybridized carbons (Fsp3) is 0.250.